The Bertz CT molecular complexity index is 894. The molecular weight excluding hydrogens is 391 g/mol. The van der Waals surface area contributed by atoms with E-state index in [1.54, 1.807) is 32.9 Å². The fourth-order valence-corrected chi connectivity index (χ4v) is 3.45. The minimum atomic E-state index is -0.659. The second-order valence-electron chi connectivity index (χ2n) is 8.47. The quantitative estimate of drug-likeness (QED) is 0.765. The molecule has 0 aromatic carbocycles. The van der Waals surface area contributed by atoms with E-state index in [1.807, 2.05) is 0 Å². The molecule has 2 aromatic heterocycles. The van der Waals surface area contributed by atoms with Gasteiger partial charge < -0.3 is 25.3 Å². The molecule has 0 bridgehead atoms. The molecule has 1 aliphatic rings. The van der Waals surface area contributed by atoms with E-state index in [0.29, 0.717) is 35.5 Å². The Hall–Kier alpha value is -2.52. The number of amides is 1. The summed E-state index contributed by atoms with van der Waals surface area (Å²) in [7, 11) is 1.49. The van der Waals surface area contributed by atoms with E-state index >= 15 is 0 Å². The number of nitrogens with one attached hydrogen (secondary N) is 1. The Morgan fingerprint density at radius 2 is 2.17 bits per heavy atom. The summed E-state index contributed by atoms with van der Waals surface area (Å²) in [6.45, 7) is 5.72. The van der Waals surface area contributed by atoms with Crippen molar-refractivity contribution in [3.8, 4) is 5.88 Å². The average molecular weight is 420 g/mol. The molecule has 3 heterocycles. The SMILES string of the molecule is COc1ccc2ncc(F)c(CC(NC(=O)OC(C)(C)C)[C@@H]3CC[C@@H](N)CO3)c2n1. The molecule has 1 unspecified atom stereocenters. The molecule has 3 N–H and O–H groups in total. The fraction of sp³-hybridized carbons (Fsp3) is 0.571. The first-order chi connectivity index (χ1) is 14.2. The standard InChI is InChI=1S/C21H29FN4O4/c1-21(2,3)30-20(27)25-16(17-7-5-12(23)11-29-17)9-13-14(22)10-24-15-6-8-18(28-4)26-19(13)15/h6,8,10,12,16-17H,5,7,9,11,23H2,1-4H3,(H,25,27)/t12-,16?,17+/m1/s1. The summed E-state index contributed by atoms with van der Waals surface area (Å²) >= 11 is 0. The highest BCUT2D eigenvalue weighted by molar-refractivity contribution is 5.78. The zero-order chi connectivity index (χ0) is 21.9. The molecule has 3 atom stereocenters. The number of pyridine rings is 2. The maximum Gasteiger partial charge on any atom is 0.407 e. The number of hydrogen-bond acceptors (Lipinski definition) is 7. The normalized spacial score (nSPS) is 20.6. The lowest BCUT2D eigenvalue weighted by molar-refractivity contribution is -0.0204. The van der Waals surface area contributed by atoms with Gasteiger partial charge in [0.1, 0.15) is 11.4 Å². The predicted octanol–water partition coefficient (Wildman–Crippen LogP) is 2.72. The van der Waals surface area contributed by atoms with E-state index in [4.69, 9.17) is 19.9 Å². The van der Waals surface area contributed by atoms with Crippen LogP contribution in [0.4, 0.5) is 9.18 Å². The second-order valence-corrected chi connectivity index (χ2v) is 8.47. The van der Waals surface area contributed by atoms with Gasteiger partial charge in [0.15, 0.2) is 0 Å². The monoisotopic (exact) mass is 420 g/mol. The lowest BCUT2D eigenvalue weighted by atomic mass is 9.94. The topological polar surface area (TPSA) is 109 Å². The van der Waals surface area contributed by atoms with Crippen LogP contribution in [0.1, 0.15) is 39.2 Å². The molecule has 1 fully saturated rings. The number of fused-ring (bicyclic) bond motifs is 1. The number of carbonyl (C=O) groups is 1. The van der Waals surface area contributed by atoms with Crippen LogP contribution in [0.25, 0.3) is 11.0 Å². The largest absolute Gasteiger partial charge is 0.481 e. The van der Waals surface area contributed by atoms with Crippen molar-refractivity contribution in [3.63, 3.8) is 0 Å². The van der Waals surface area contributed by atoms with Gasteiger partial charge in [-0.25, -0.2) is 14.2 Å². The predicted molar refractivity (Wildman–Crippen MR) is 110 cm³/mol. The van der Waals surface area contributed by atoms with Gasteiger partial charge in [0.25, 0.3) is 0 Å². The van der Waals surface area contributed by atoms with Crippen LogP contribution in [0.2, 0.25) is 0 Å². The Balaban J connectivity index is 1.92. The molecule has 164 valence electrons. The summed E-state index contributed by atoms with van der Waals surface area (Å²) in [5, 5.41) is 2.85. The van der Waals surface area contributed by atoms with Crippen molar-refractivity contribution >= 4 is 17.1 Å². The molecule has 1 saturated heterocycles. The molecule has 1 amide bonds. The van der Waals surface area contributed by atoms with E-state index < -0.39 is 23.6 Å². The highest BCUT2D eigenvalue weighted by Gasteiger charge is 2.31. The molecule has 2 aromatic rings. The molecule has 0 spiro atoms. The Morgan fingerprint density at radius 3 is 2.80 bits per heavy atom. The lowest BCUT2D eigenvalue weighted by Crippen LogP contribution is -2.51. The van der Waals surface area contributed by atoms with Crippen LogP contribution in [0.3, 0.4) is 0 Å². The molecule has 8 nitrogen and oxygen atoms in total. The van der Waals surface area contributed by atoms with Gasteiger partial charge >= 0.3 is 6.09 Å². The van der Waals surface area contributed by atoms with Gasteiger partial charge in [-0.05, 0) is 39.7 Å². The Labute approximate surface area is 175 Å². The van der Waals surface area contributed by atoms with Crippen LogP contribution in [0.5, 0.6) is 5.88 Å². The number of nitrogens with zero attached hydrogens (tertiary/aromatic N) is 2. The van der Waals surface area contributed by atoms with Crippen molar-refractivity contribution in [3.05, 3.63) is 29.7 Å². The smallest absolute Gasteiger partial charge is 0.407 e. The summed E-state index contributed by atoms with van der Waals surface area (Å²) < 4.78 is 31.3. The number of nitrogens with two attached hydrogens (primary N) is 1. The van der Waals surface area contributed by atoms with Crippen LogP contribution < -0.4 is 15.8 Å². The van der Waals surface area contributed by atoms with E-state index in [0.717, 1.165) is 12.6 Å². The number of alkyl carbamates (subject to hydrolysis) is 1. The van der Waals surface area contributed by atoms with Crippen LogP contribution >= 0.6 is 0 Å². The first kappa shape index (κ1) is 22.2. The van der Waals surface area contributed by atoms with E-state index in [1.165, 1.54) is 7.11 Å². The lowest BCUT2D eigenvalue weighted by Gasteiger charge is -2.34. The van der Waals surface area contributed by atoms with E-state index in [-0.39, 0.29) is 18.6 Å². The minimum Gasteiger partial charge on any atom is -0.481 e. The van der Waals surface area contributed by atoms with Crippen molar-refractivity contribution < 1.29 is 23.4 Å². The number of aromatic nitrogens is 2. The molecule has 0 saturated carbocycles. The zero-order valence-corrected chi connectivity index (χ0v) is 17.8. The average Bonchev–Trinajstić information content (AvgIpc) is 2.68. The Morgan fingerprint density at radius 1 is 1.40 bits per heavy atom. The van der Waals surface area contributed by atoms with Gasteiger partial charge in [-0.3, -0.25) is 4.98 Å². The molecular formula is C21H29FN4O4. The van der Waals surface area contributed by atoms with Crippen molar-refractivity contribution in [2.45, 2.75) is 63.8 Å². The van der Waals surface area contributed by atoms with E-state index in [9.17, 15) is 9.18 Å². The summed E-state index contributed by atoms with van der Waals surface area (Å²) in [6, 6.07) is 2.81. The summed E-state index contributed by atoms with van der Waals surface area (Å²) in [4.78, 5) is 20.9. The van der Waals surface area contributed by atoms with Gasteiger partial charge in [0.05, 0.1) is 43.1 Å². The van der Waals surface area contributed by atoms with Gasteiger partial charge in [0, 0.05) is 24.1 Å². The van der Waals surface area contributed by atoms with Gasteiger partial charge in [-0.1, -0.05) is 0 Å². The maximum atomic E-state index is 14.8. The third-order valence-electron chi connectivity index (χ3n) is 4.87. The molecule has 0 radical (unpaired) electrons. The zero-order valence-electron chi connectivity index (χ0n) is 17.8. The van der Waals surface area contributed by atoms with Crippen molar-refractivity contribution in [1.29, 1.82) is 0 Å². The van der Waals surface area contributed by atoms with Crippen molar-refractivity contribution in [1.82, 2.24) is 15.3 Å². The molecule has 30 heavy (non-hydrogen) atoms. The number of ether oxygens (including phenoxy) is 3. The Kier molecular flexibility index (Phi) is 6.72. The third-order valence-corrected chi connectivity index (χ3v) is 4.87. The maximum absolute atomic E-state index is 14.8. The van der Waals surface area contributed by atoms with Gasteiger partial charge in [0.2, 0.25) is 5.88 Å². The highest BCUT2D eigenvalue weighted by atomic mass is 19.1. The molecule has 3 rings (SSSR count). The van der Waals surface area contributed by atoms with Crippen LogP contribution in [0.15, 0.2) is 18.3 Å². The first-order valence-corrected chi connectivity index (χ1v) is 10.0. The summed E-state index contributed by atoms with van der Waals surface area (Å²) in [5.41, 5.74) is 6.53. The molecule has 0 aliphatic carbocycles. The second kappa shape index (κ2) is 9.09. The minimum absolute atomic E-state index is 0.0483. The number of hydrogen-bond donors (Lipinski definition) is 2. The van der Waals surface area contributed by atoms with Gasteiger partial charge in [-0.15, -0.1) is 0 Å². The third kappa shape index (κ3) is 5.54. The van der Waals surface area contributed by atoms with Crippen LogP contribution in [-0.4, -0.2) is 53.6 Å². The number of rotatable bonds is 5. The van der Waals surface area contributed by atoms with Crippen LogP contribution in [0, 0.1) is 5.82 Å². The summed E-state index contributed by atoms with van der Waals surface area (Å²) in [6.07, 6.45) is 1.80. The van der Waals surface area contributed by atoms with Crippen molar-refractivity contribution in [2.24, 2.45) is 5.73 Å². The number of halogens is 1. The number of carbonyl (C=O) groups excluding carboxylic acids is 1. The number of methoxy groups -OCH3 is 1. The van der Waals surface area contributed by atoms with Crippen molar-refractivity contribution in [2.75, 3.05) is 13.7 Å². The highest BCUT2D eigenvalue weighted by Crippen LogP contribution is 2.25. The first-order valence-electron chi connectivity index (χ1n) is 10.0. The van der Waals surface area contributed by atoms with Crippen LogP contribution in [-0.2, 0) is 15.9 Å². The fourth-order valence-electron chi connectivity index (χ4n) is 3.45. The molecule has 1 aliphatic heterocycles. The molecule has 9 heteroatoms. The van der Waals surface area contributed by atoms with Gasteiger partial charge in [-0.2, -0.15) is 0 Å². The van der Waals surface area contributed by atoms with E-state index in [2.05, 4.69) is 15.3 Å². The summed E-state index contributed by atoms with van der Waals surface area (Å²) in [5.74, 6) is -0.153.